The number of pyridine rings is 1. The summed E-state index contributed by atoms with van der Waals surface area (Å²) in [6.45, 7) is 0. The van der Waals surface area contributed by atoms with Crippen molar-refractivity contribution in [1.29, 1.82) is 0 Å². The van der Waals surface area contributed by atoms with E-state index in [-0.39, 0.29) is 0 Å². The number of hydrogen-bond acceptors (Lipinski definition) is 2. The fourth-order valence-corrected chi connectivity index (χ4v) is 1.27. The van der Waals surface area contributed by atoms with Crippen LogP contribution in [-0.2, 0) is 0 Å². The summed E-state index contributed by atoms with van der Waals surface area (Å²) in [4.78, 5) is 4.26. The topological polar surface area (TPSA) is 24.9 Å². The molecule has 0 aromatic carbocycles. The summed E-state index contributed by atoms with van der Waals surface area (Å²) in [6.07, 6.45) is 2.57. The monoisotopic (exact) mass is 212 g/mol. The maximum Gasteiger partial charge on any atom is 0.127 e. The van der Waals surface area contributed by atoms with Crippen LogP contribution in [0.15, 0.2) is 22.8 Å². The zero-order valence-corrected chi connectivity index (χ0v) is 7.63. The highest BCUT2D eigenvalue weighted by molar-refractivity contribution is 9.10. The van der Waals surface area contributed by atoms with Crippen molar-refractivity contribution in [3.63, 3.8) is 0 Å². The molecule has 58 valence electrons. The van der Waals surface area contributed by atoms with Gasteiger partial charge in [0.25, 0.3) is 0 Å². The molecule has 1 aliphatic rings. The molecule has 0 spiro atoms. The van der Waals surface area contributed by atoms with Gasteiger partial charge < -0.3 is 5.32 Å². The molecule has 0 unspecified atom stereocenters. The van der Waals surface area contributed by atoms with E-state index in [1.807, 2.05) is 18.2 Å². The molecule has 1 aliphatic carbocycles. The van der Waals surface area contributed by atoms with E-state index in [9.17, 15) is 0 Å². The second-order valence-electron chi connectivity index (χ2n) is 2.76. The van der Waals surface area contributed by atoms with E-state index >= 15 is 0 Å². The molecule has 0 atom stereocenters. The van der Waals surface area contributed by atoms with Crippen LogP contribution in [0.2, 0.25) is 0 Å². The molecule has 2 nitrogen and oxygen atoms in total. The van der Waals surface area contributed by atoms with Gasteiger partial charge in [-0.3, -0.25) is 0 Å². The van der Waals surface area contributed by atoms with Crippen LogP contribution in [0.4, 0.5) is 5.82 Å². The average molecular weight is 213 g/mol. The molecular weight excluding hydrogens is 204 g/mol. The largest absolute Gasteiger partial charge is 0.367 e. The van der Waals surface area contributed by atoms with Crippen LogP contribution in [0, 0.1) is 0 Å². The van der Waals surface area contributed by atoms with E-state index in [4.69, 9.17) is 0 Å². The van der Waals surface area contributed by atoms with Crippen molar-refractivity contribution in [3.8, 4) is 0 Å². The van der Waals surface area contributed by atoms with E-state index < -0.39 is 0 Å². The lowest BCUT2D eigenvalue weighted by molar-refractivity contribution is 1.10. The molecule has 3 heteroatoms. The van der Waals surface area contributed by atoms with Gasteiger partial charge in [0, 0.05) is 6.04 Å². The number of halogens is 1. The standard InChI is InChI=1S/C8H9BrN2/c9-7-2-1-3-8(11-7)10-6-4-5-6/h1-3,6H,4-5H2,(H,10,11). The molecule has 0 saturated heterocycles. The highest BCUT2D eigenvalue weighted by Gasteiger charge is 2.20. The predicted octanol–water partition coefficient (Wildman–Crippen LogP) is 2.42. The first-order chi connectivity index (χ1) is 5.34. The smallest absolute Gasteiger partial charge is 0.127 e. The van der Waals surface area contributed by atoms with Gasteiger partial charge in [-0.05, 0) is 40.9 Å². The summed E-state index contributed by atoms with van der Waals surface area (Å²) in [5, 5.41) is 3.32. The van der Waals surface area contributed by atoms with Crippen LogP contribution < -0.4 is 5.32 Å². The normalized spacial score (nSPS) is 16.5. The summed E-state index contributed by atoms with van der Waals surface area (Å²) in [5.74, 6) is 0.974. The molecule has 1 aromatic heterocycles. The van der Waals surface area contributed by atoms with Gasteiger partial charge in [0.05, 0.1) is 0 Å². The Hall–Kier alpha value is -0.570. The van der Waals surface area contributed by atoms with E-state index in [0.29, 0.717) is 6.04 Å². The molecule has 11 heavy (non-hydrogen) atoms. The molecule has 0 bridgehead atoms. The molecule has 2 rings (SSSR count). The lowest BCUT2D eigenvalue weighted by Crippen LogP contribution is -2.02. The van der Waals surface area contributed by atoms with Gasteiger partial charge in [-0.1, -0.05) is 6.07 Å². The van der Waals surface area contributed by atoms with Crippen molar-refractivity contribution in [2.45, 2.75) is 18.9 Å². The first-order valence-electron chi connectivity index (χ1n) is 3.74. The Morgan fingerprint density at radius 1 is 1.45 bits per heavy atom. The van der Waals surface area contributed by atoms with Crippen molar-refractivity contribution >= 4 is 21.7 Å². The Labute approximate surface area is 74.2 Å². The maximum atomic E-state index is 4.26. The van der Waals surface area contributed by atoms with Crippen molar-refractivity contribution in [1.82, 2.24) is 4.98 Å². The van der Waals surface area contributed by atoms with E-state index in [1.54, 1.807) is 0 Å². The van der Waals surface area contributed by atoms with Crippen LogP contribution in [-0.4, -0.2) is 11.0 Å². The number of aromatic nitrogens is 1. The van der Waals surface area contributed by atoms with Crippen LogP contribution in [0.1, 0.15) is 12.8 Å². The quantitative estimate of drug-likeness (QED) is 0.763. The molecule has 0 amide bonds. The fraction of sp³-hybridized carbons (Fsp3) is 0.375. The van der Waals surface area contributed by atoms with Crippen molar-refractivity contribution in [2.24, 2.45) is 0 Å². The average Bonchev–Trinajstić information content (AvgIpc) is 2.71. The zero-order valence-electron chi connectivity index (χ0n) is 6.05. The number of rotatable bonds is 2. The first-order valence-corrected chi connectivity index (χ1v) is 4.53. The van der Waals surface area contributed by atoms with Gasteiger partial charge in [-0.2, -0.15) is 0 Å². The molecular formula is C8H9BrN2. The third kappa shape index (κ3) is 1.93. The number of nitrogens with one attached hydrogen (secondary N) is 1. The van der Waals surface area contributed by atoms with Crippen molar-refractivity contribution in [2.75, 3.05) is 5.32 Å². The minimum absolute atomic E-state index is 0.678. The molecule has 1 heterocycles. The van der Waals surface area contributed by atoms with Crippen molar-refractivity contribution in [3.05, 3.63) is 22.8 Å². The molecule has 1 aromatic rings. The number of anilines is 1. The van der Waals surface area contributed by atoms with E-state index in [0.717, 1.165) is 10.4 Å². The summed E-state index contributed by atoms with van der Waals surface area (Å²) in [6, 6.07) is 6.58. The zero-order chi connectivity index (χ0) is 7.68. The Balaban J connectivity index is 2.10. The van der Waals surface area contributed by atoms with Gasteiger partial charge in [-0.15, -0.1) is 0 Å². The summed E-state index contributed by atoms with van der Waals surface area (Å²) < 4.78 is 0.892. The van der Waals surface area contributed by atoms with Gasteiger partial charge >= 0.3 is 0 Å². The SMILES string of the molecule is Brc1cccc(NC2CC2)n1. The minimum Gasteiger partial charge on any atom is -0.367 e. The molecule has 1 fully saturated rings. The summed E-state index contributed by atoms with van der Waals surface area (Å²) in [5.41, 5.74) is 0. The number of hydrogen-bond donors (Lipinski definition) is 1. The predicted molar refractivity (Wildman–Crippen MR) is 48.6 cm³/mol. The minimum atomic E-state index is 0.678. The fourth-order valence-electron chi connectivity index (χ4n) is 0.925. The molecule has 0 aliphatic heterocycles. The van der Waals surface area contributed by atoms with E-state index in [2.05, 4.69) is 26.2 Å². The highest BCUT2D eigenvalue weighted by atomic mass is 79.9. The van der Waals surface area contributed by atoms with Crippen LogP contribution in [0.25, 0.3) is 0 Å². The summed E-state index contributed by atoms with van der Waals surface area (Å²) >= 11 is 3.32. The highest BCUT2D eigenvalue weighted by Crippen LogP contribution is 2.23. The Bertz CT molecular complexity index is 258. The second-order valence-corrected chi connectivity index (χ2v) is 3.58. The second kappa shape index (κ2) is 2.81. The van der Waals surface area contributed by atoms with Gasteiger partial charge in [0.15, 0.2) is 0 Å². The first kappa shape index (κ1) is 7.10. The van der Waals surface area contributed by atoms with E-state index in [1.165, 1.54) is 12.8 Å². The van der Waals surface area contributed by atoms with Gasteiger partial charge in [-0.25, -0.2) is 4.98 Å². The third-order valence-electron chi connectivity index (χ3n) is 1.64. The lowest BCUT2D eigenvalue weighted by atomic mass is 10.4. The Kier molecular flexibility index (Phi) is 1.82. The lowest BCUT2D eigenvalue weighted by Gasteiger charge is -2.01. The molecule has 1 saturated carbocycles. The van der Waals surface area contributed by atoms with Crippen molar-refractivity contribution < 1.29 is 0 Å². The maximum absolute atomic E-state index is 4.26. The van der Waals surface area contributed by atoms with Crippen LogP contribution >= 0.6 is 15.9 Å². The van der Waals surface area contributed by atoms with Gasteiger partial charge in [0.1, 0.15) is 10.4 Å². The Morgan fingerprint density at radius 2 is 2.27 bits per heavy atom. The Morgan fingerprint density at radius 3 is 2.91 bits per heavy atom. The van der Waals surface area contributed by atoms with Crippen LogP contribution in [0.5, 0.6) is 0 Å². The summed E-state index contributed by atoms with van der Waals surface area (Å²) in [7, 11) is 0. The molecule has 1 N–H and O–H groups in total. The molecule has 0 radical (unpaired) electrons. The van der Waals surface area contributed by atoms with Crippen LogP contribution in [0.3, 0.4) is 0 Å². The van der Waals surface area contributed by atoms with Gasteiger partial charge in [0.2, 0.25) is 0 Å². The number of nitrogens with zero attached hydrogens (tertiary/aromatic N) is 1. The third-order valence-corrected chi connectivity index (χ3v) is 2.09.